The van der Waals surface area contributed by atoms with E-state index >= 15 is 0 Å². The van der Waals surface area contributed by atoms with E-state index in [0.717, 1.165) is 37.3 Å². The Morgan fingerprint density at radius 2 is 2.41 bits per heavy atom. The molecule has 0 amide bonds. The first-order valence-electron chi connectivity index (χ1n) is 6.71. The van der Waals surface area contributed by atoms with Crippen LogP contribution in [0, 0.1) is 0 Å². The Morgan fingerprint density at radius 1 is 1.59 bits per heavy atom. The summed E-state index contributed by atoms with van der Waals surface area (Å²) in [6, 6.07) is 2.39. The molecule has 1 saturated heterocycles. The van der Waals surface area contributed by atoms with Gasteiger partial charge in [-0.3, -0.25) is 4.68 Å². The quantitative estimate of drug-likeness (QED) is 0.807. The lowest BCUT2D eigenvalue weighted by atomic mass is 10.0. The molecule has 4 heteroatoms. The van der Waals surface area contributed by atoms with Gasteiger partial charge in [0.1, 0.15) is 0 Å². The van der Waals surface area contributed by atoms with E-state index in [-0.39, 0.29) is 12.1 Å². The average Bonchev–Trinajstić information content (AvgIpc) is 2.97. The zero-order valence-electron chi connectivity index (χ0n) is 10.8. The molecule has 0 radical (unpaired) electrons. The fourth-order valence-electron chi connectivity index (χ4n) is 2.52. The first-order chi connectivity index (χ1) is 8.24. The number of rotatable bonds is 5. The van der Waals surface area contributed by atoms with E-state index in [1.807, 2.05) is 4.68 Å². The third-order valence-electron chi connectivity index (χ3n) is 3.56. The van der Waals surface area contributed by atoms with Crippen LogP contribution < -0.4 is 5.32 Å². The van der Waals surface area contributed by atoms with Crippen LogP contribution in [0.25, 0.3) is 0 Å². The highest BCUT2D eigenvalue weighted by atomic mass is 16.3. The van der Waals surface area contributed by atoms with Crippen LogP contribution in [-0.4, -0.2) is 33.6 Å². The smallest absolute Gasteiger partial charge is 0.0748 e. The molecular formula is C13H23N3O. The second kappa shape index (κ2) is 5.65. The van der Waals surface area contributed by atoms with Crippen molar-refractivity contribution in [2.24, 2.45) is 0 Å². The molecule has 2 unspecified atom stereocenters. The van der Waals surface area contributed by atoms with Crippen LogP contribution in [0.1, 0.15) is 38.1 Å². The van der Waals surface area contributed by atoms with Gasteiger partial charge in [0.15, 0.2) is 0 Å². The van der Waals surface area contributed by atoms with Gasteiger partial charge in [-0.05, 0) is 38.8 Å². The van der Waals surface area contributed by atoms with Crippen molar-refractivity contribution >= 4 is 0 Å². The number of hydrogen-bond donors (Lipinski definition) is 2. The molecule has 0 bridgehead atoms. The van der Waals surface area contributed by atoms with Gasteiger partial charge in [-0.15, -0.1) is 0 Å². The zero-order valence-corrected chi connectivity index (χ0v) is 10.8. The molecule has 2 heterocycles. The maximum absolute atomic E-state index is 10.2. The number of aryl methyl sites for hydroxylation is 2. The van der Waals surface area contributed by atoms with E-state index in [1.165, 1.54) is 6.42 Å². The maximum Gasteiger partial charge on any atom is 0.0748 e. The van der Waals surface area contributed by atoms with Gasteiger partial charge in [-0.1, -0.05) is 6.92 Å². The van der Waals surface area contributed by atoms with Gasteiger partial charge in [0.25, 0.3) is 0 Å². The number of hydrogen-bond acceptors (Lipinski definition) is 3. The van der Waals surface area contributed by atoms with Crippen LogP contribution in [0.5, 0.6) is 0 Å². The van der Waals surface area contributed by atoms with Crippen molar-refractivity contribution in [2.45, 2.75) is 58.2 Å². The molecule has 96 valence electrons. The minimum absolute atomic E-state index is 0.264. The summed E-state index contributed by atoms with van der Waals surface area (Å²) in [7, 11) is 0. The Kier molecular flexibility index (Phi) is 4.18. The van der Waals surface area contributed by atoms with Gasteiger partial charge in [-0.2, -0.15) is 5.10 Å². The van der Waals surface area contributed by atoms with Crippen LogP contribution in [0.2, 0.25) is 0 Å². The molecule has 1 fully saturated rings. The zero-order chi connectivity index (χ0) is 12.3. The Balaban J connectivity index is 2.03. The molecule has 2 atom stereocenters. The first kappa shape index (κ1) is 12.6. The lowest BCUT2D eigenvalue weighted by Gasteiger charge is -2.18. The first-order valence-corrected chi connectivity index (χ1v) is 6.71. The van der Waals surface area contributed by atoms with Crippen LogP contribution in [0.3, 0.4) is 0 Å². The summed E-state index contributed by atoms with van der Waals surface area (Å²) in [5.74, 6) is 0. The molecule has 1 aliphatic heterocycles. The Morgan fingerprint density at radius 3 is 3.00 bits per heavy atom. The number of nitrogens with zero attached hydrogens (tertiary/aromatic N) is 2. The Labute approximate surface area is 103 Å². The van der Waals surface area contributed by atoms with Crippen molar-refractivity contribution in [2.75, 3.05) is 6.54 Å². The van der Waals surface area contributed by atoms with E-state index < -0.39 is 0 Å². The van der Waals surface area contributed by atoms with Gasteiger partial charge in [0, 0.05) is 24.7 Å². The molecule has 2 N–H and O–H groups in total. The van der Waals surface area contributed by atoms with Crippen molar-refractivity contribution in [3.8, 4) is 0 Å². The Bertz CT molecular complexity index is 356. The molecule has 0 aliphatic carbocycles. The minimum Gasteiger partial charge on any atom is -0.391 e. The van der Waals surface area contributed by atoms with Crippen molar-refractivity contribution in [3.63, 3.8) is 0 Å². The third-order valence-corrected chi connectivity index (χ3v) is 3.56. The fourth-order valence-corrected chi connectivity index (χ4v) is 2.52. The molecular weight excluding hydrogens is 214 g/mol. The molecule has 1 aliphatic rings. The molecule has 1 aromatic rings. The highest BCUT2D eigenvalue weighted by Gasteiger charge is 2.23. The van der Waals surface area contributed by atoms with E-state index in [9.17, 15) is 5.11 Å². The van der Waals surface area contributed by atoms with Crippen LogP contribution in [0.15, 0.2) is 6.07 Å². The van der Waals surface area contributed by atoms with Crippen LogP contribution in [-0.2, 0) is 19.4 Å². The maximum atomic E-state index is 10.2. The highest BCUT2D eigenvalue weighted by molar-refractivity contribution is 5.12. The summed E-state index contributed by atoms with van der Waals surface area (Å²) in [6.45, 7) is 6.12. The van der Waals surface area contributed by atoms with Gasteiger partial charge >= 0.3 is 0 Å². The molecule has 17 heavy (non-hydrogen) atoms. The van der Waals surface area contributed by atoms with Crippen molar-refractivity contribution in [1.29, 1.82) is 0 Å². The number of aromatic nitrogens is 2. The molecule has 0 spiro atoms. The predicted molar refractivity (Wildman–Crippen MR) is 68.0 cm³/mol. The van der Waals surface area contributed by atoms with E-state index in [1.54, 1.807) is 0 Å². The lowest BCUT2D eigenvalue weighted by molar-refractivity contribution is 0.133. The molecule has 1 aromatic heterocycles. The van der Waals surface area contributed by atoms with E-state index in [2.05, 4.69) is 30.3 Å². The summed E-state index contributed by atoms with van der Waals surface area (Å²) in [5.41, 5.74) is 2.28. The number of nitrogens with one attached hydrogen (secondary N) is 1. The average molecular weight is 237 g/mol. The largest absolute Gasteiger partial charge is 0.391 e. The van der Waals surface area contributed by atoms with Crippen molar-refractivity contribution in [1.82, 2.24) is 15.1 Å². The Hall–Kier alpha value is -0.870. The minimum atomic E-state index is -0.288. The number of aliphatic hydroxyl groups excluding tert-OH is 1. The van der Waals surface area contributed by atoms with Gasteiger partial charge in [0.2, 0.25) is 0 Å². The topological polar surface area (TPSA) is 50.1 Å². The molecule has 0 aromatic carbocycles. The highest BCUT2D eigenvalue weighted by Crippen LogP contribution is 2.15. The van der Waals surface area contributed by atoms with Crippen LogP contribution in [0.4, 0.5) is 0 Å². The van der Waals surface area contributed by atoms with Gasteiger partial charge in [0.05, 0.1) is 11.8 Å². The SMILES string of the molecule is CCc1cc(CC(O)C2CCCN2)n(CC)n1. The lowest BCUT2D eigenvalue weighted by Crippen LogP contribution is -2.36. The summed E-state index contributed by atoms with van der Waals surface area (Å²) >= 11 is 0. The molecule has 0 saturated carbocycles. The second-order valence-corrected chi connectivity index (χ2v) is 4.77. The predicted octanol–water partition coefficient (Wildman–Crippen LogP) is 1.12. The van der Waals surface area contributed by atoms with Gasteiger partial charge in [-0.25, -0.2) is 0 Å². The van der Waals surface area contributed by atoms with Crippen molar-refractivity contribution in [3.05, 3.63) is 17.5 Å². The summed E-state index contributed by atoms with van der Waals surface area (Å²) < 4.78 is 2.01. The monoisotopic (exact) mass is 237 g/mol. The van der Waals surface area contributed by atoms with Crippen molar-refractivity contribution < 1.29 is 5.11 Å². The second-order valence-electron chi connectivity index (χ2n) is 4.77. The normalized spacial score (nSPS) is 21.9. The summed E-state index contributed by atoms with van der Waals surface area (Å²) in [6.07, 6.45) is 3.64. The summed E-state index contributed by atoms with van der Waals surface area (Å²) in [4.78, 5) is 0. The van der Waals surface area contributed by atoms with E-state index in [0.29, 0.717) is 6.42 Å². The fraction of sp³-hybridized carbons (Fsp3) is 0.769. The molecule has 4 nitrogen and oxygen atoms in total. The van der Waals surface area contributed by atoms with Crippen LogP contribution >= 0.6 is 0 Å². The van der Waals surface area contributed by atoms with Gasteiger partial charge < -0.3 is 10.4 Å². The number of aliphatic hydroxyl groups is 1. The molecule has 2 rings (SSSR count). The third kappa shape index (κ3) is 2.87. The summed E-state index contributed by atoms with van der Waals surface area (Å²) in [5, 5.41) is 18.1. The van der Waals surface area contributed by atoms with E-state index in [4.69, 9.17) is 0 Å². The standard InChI is InChI=1S/C13H23N3O/c1-3-10-8-11(16(4-2)15-10)9-13(17)12-6-5-7-14-12/h8,12-14,17H,3-7,9H2,1-2H3.